The molecule has 0 unspecified atom stereocenters. The topological polar surface area (TPSA) is 42.0 Å². The number of halogens is 2. The first-order valence-corrected chi connectivity index (χ1v) is 11.1. The Morgan fingerprint density at radius 3 is 2.62 bits per heavy atom. The van der Waals surface area contributed by atoms with Crippen molar-refractivity contribution in [1.29, 1.82) is 0 Å². The quantitative estimate of drug-likeness (QED) is 0.653. The van der Waals surface area contributed by atoms with E-state index in [9.17, 15) is 13.6 Å². The minimum Gasteiger partial charge on any atom is -0.490 e. The Morgan fingerprint density at radius 2 is 1.88 bits per heavy atom. The van der Waals surface area contributed by atoms with E-state index < -0.39 is 17.2 Å². The van der Waals surface area contributed by atoms with Crippen molar-refractivity contribution in [2.24, 2.45) is 0 Å². The fraction of sp³-hybridized carbons (Fsp3) is 0.480. The van der Waals surface area contributed by atoms with Gasteiger partial charge in [-0.05, 0) is 81.5 Å². The predicted molar refractivity (Wildman–Crippen MR) is 119 cm³/mol. The molecule has 32 heavy (non-hydrogen) atoms. The number of anilines is 1. The van der Waals surface area contributed by atoms with E-state index in [0.717, 1.165) is 28.6 Å². The van der Waals surface area contributed by atoms with Crippen LogP contribution in [0.4, 0.5) is 19.3 Å². The Bertz CT molecular complexity index is 1030. The molecule has 0 atom stereocenters. The minimum absolute atomic E-state index is 0.267. The van der Waals surface area contributed by atoms with E-state index in [1.54, 1.807) is 4.90 Å². The monoisotopic (exact) mass is 444 g/mol. The normalized spacial score (nSPS) is 16.1. The van der Waals surface area contributed by atoms with E-state index in [2.05, 4.69) is 4.90 Å². The summed E-state index contributed by atoms with van der Waals surface area (Å²) in [7, 11) is 0. The number of benzene rings is 2. The summed E-state index contributed by atoms with van der Waals surface area (Å²) in [6.45, 7) is 10.1. The summed E-state index contributed by atoms with van der Waals surface area (Å²) < 4.78 is 39.5. The SMILES string of the molecule is Cc1c2c(cc3c1N(Cc1cc(F)ccc1F)CCO3)CCN(C(=O)OC(C)(C)C)CC2. The molecule has 0 saturated carbocycles. The number of nitrogens with zero attached hydrogens (tertiary/aromatic N) is 2. The maximum atomic E-state index is 14.3. The molecule has 2 aromatic rings. The van der Waals surface area contributed by atoms with Crippen LogP contribution in [0.1, 0.15) is 43.0 Å². The molecule has 5 nitrogen and oxygen atoms in total. The molecule has 0 saturated heterocycles. The highest BCUT2D eigenvalue weighted by molar-refractivity contribution is 5.71. The van der Waals surface area contributed by atoms with Crippen LogP contribution >= 0.6 is 0 Å². The molecule has 0 aliphatic carbocycles. The number of rotatable bonds is 2. The molecule has 2 heterocycles. The van der Waals surface area contributed by atoms with Gasteiger partial charge in [-0.15, -0.1) is 0 Å². The molecule has 2 aliphatic heterocycles. The molecule has 0 aromatic heterocycles. The fourth-order valence-electron chi connectivity index (χ4n) is 4.49. The standard InChI is InChI=1S/C25H30F2N2O3/c1-16-20-8-10-28(24(30)32-25(2,3)4)9-7-17(20)14-22-23(16)29(11-12-31-22)15-18-13-19(26)5-6-21(18)27/h5-6,13-14H,7-12,15H2,1-4H3. The Kier molecular flexibility index (Phi) is 6.01. The maximum absolute atomic E-state index is 14.3. The number of ether oxygens (including phenoxy) is 2. The third-order valence-corrected chi connectivity index (χ3v) is 5.97. The second-order valence-corrected chi connectivity index (χ2v) is 9.46. The predicted octanol–water partition coefficient (Wildman–Crippen LogP) is 5.01. The van der Waals surface area contributed by atoms with Gasteiger partial charge < -0.3 is 19.3 Å². The van der Waals surface area contributed by atoms with Crippen molar-refractivity contribution in [3.63, 3.8) is 0 Å². The van der Waals surface area contributed by atoms with Crippen molar-refractivity contribution >= 4 is 11.8 Å². The van der Waals surface area contributed by atoms with Crippen LogP contribution in [0.3, 0.4) is 0 Å². The number of carbonyl (C=O) groups excluding carboxylic acids is 1. The third kappa shape index (κ3) is 4.66. The highest BCUT2D eigenvalue weighted by Crippen LogP contribution is 2.40. The summed E-state index contributed by atoms with van der Waals surface area (Å²) >= 11 is 0. The van der Waals surface area contributed by atoms with E-state index in [0.29, 0.717) is 44.6 Å². The summed E-state index contributed by atoms with van der Waals surface area (Å²) in [6.07, 6.45) is 1.12. The molecule has 7 heteroatoms. The molecule has 2 aliphatic rings. The largest absolute Gasteiger partial charge is 0.490 e. The lowest BCUT2D eigenvalue weighted by Crippen LogP contribution is -2.38. The van der Waals surface area contributed by atoms with Crippen LogP contribution in [0, 0.1) is 18.6 Å². The van der Waals surface area contributed by atoms with Crippen molar-refractivity contribution in [2.75, 3.05) is 31.1 Å². The van der Waals surface area contributed by atoms with Gasteiger partial charge in [0.05, 0.1) is 12.2 Å². The zero-order valence-electron chi connectivity index (χ0n) is 19.1. The van der Waals surface area contributed by atoms with Gasteiger partial charge in [0.2, 0.25) is 0 Å². The van der Waals surface area contributed by atoms with E-state index in [4.69, 9.17) is 9.47 Å². The van der Waals surface area contributed by atoms with Crippen molar-refractivity contribution in [3.05, 3.63) is 58.2 Å². The lowest BCUT2D eigenvalue weighted by molar-refractivity contribution is 0.0258. The van der Waals surface area contributed by atoms with Crippen LogP contribution in [0.2, 0.25) is 0 Å². The van der Waals surface area contributed by atoms with Gasteiger partial charge in [-0.2, -0.15) is 0 Å². The molecule has 0 fully saturated rings. The van der Waals surface area contributed by atoms with Crippen molar-refractivity contribution in [1.82, 2.24) is 4.90 Å². The first kappa shape index (κ1) is 22.4. The molecule has 0 spiro atoms. The Morgan fingerprint density at radius 1 is 1.12 bits per heavy atom. The summed E-state index contributed by atoms with van der Waals surface area (Å²) in [5.41, 5.74) is 4.12. The minimum atomic E-state index is -0.536. The number of hydrogen-bond donors (Lipinski definition) is 0. The number of amides is 1. The number of carbonyl (C=O) groups is 1. The van der Waals surface area contributed by atoms with Crippen molar-refractivity contribution in [3.8, 4) is 5.75 Å². The second-order valence-electron chi connectivity index (χ2n) is 9.46. The molecular formula is C25H30F2N2O3. The number of fused-ring (bicyclic) bond motifs is 2. The van der Waals surface area contributed by atoms with Crippen molar-refractivity contribution < 1.29 is 23.0 Å². The van der Waals surface area contributed by atoms with Gasteiger partial charge in [0.1, 0.15) is 29.6 Å². The van der Waals surface area contributed by atoms with Crippen molar-refractivity contribution in [2.45, 2.75) is 52.7 Å². The van der Waals surface area contributed by atoms with Crippen LogP contribution in [-0.4, -0.2) is 42.8 Å². The van der Waals surface area contributed by atoms with Gasteiger partial charge in [-0.25, -0.2) is 13.6 Å². The Hall–Kier alpha value is -2.83. The molecule has 4 rings (SSSR count). The highest BCUT2D eigenvalue weighted by Gasteiger charge is 2.29. The smallest absolute Gasteiger partial charge is 0.410 e. The lowest BCUT2D eigenvalue weighted by atomic mass is 9.94. The summed E-state index contributed by atoms with van der Waals surface area (Å²) in [4.78, 5) is 16.4. The van der Waals surface area contributed by atoms with E-state index in [1.165, 1.54) is 17.7 Å². The van der Waals surface area contributed by atoms with Crippen LogP contribution in [0.5, 0.6) is 5.75 Å². The van der Waals surface area contributed by atoms with Gasteiger partial charge in [0.15, 0.2) is 0 Å². The van der Waals surface area contributed by atoms with E-state index in [1.807, 2.05) is 33.8 Å². The summed E-state index contributed by atoms with van der Waals surface area (Å²) in [5, 5.41) is 0. The summed E-state index contributed by atoms with van der Waals surface area (Å²) in [5.74, 6) is -0.106. The second kappa shape index (κ2) is 8.60. The van der Waals surface area contributed by atoms with E-state index >= 15 is 0 Å². The van der Waals surface area contributed by atoms with E-state index in [-0.39, 0.29) is 12.6 Å². The van der Waals surface area contributed by atoms with Gasteiger partial charge in [0.25, 0.3) is 0 Å². The van der Waals surface area contributed by atoms with Crippen LogP contribution in [0.15, 0.2) is 24.3 Å². The van der Waals surface area contributed by atoms with Crippen LogP contribution in [0.25, 0.3) is 0 Å². The molecule has 0 bridgehead atoms. The van der Waals surface area contributed by atoms with Gasteiger partial charge in [0, 0.05) is 25.2 Å². The van der Waals surface area contributed by atoms with Gasteiger partial charge >= 0.3 is 6.09 Å². The average molecular weight is 445 g/mol. The zero-order chi connectivity index (χ0) is 23.0. The van der Waals surface area contributed by atoms with Gasteiger partial charge in [-0.1, -0.05) is 0 Å². The third-order valence-electron chi connectivity index (χ3n) is 5.97. The number of hydrogen-bond acceptors (Lipinski definition) is 4. The first-order chi connectivity index (χ1) is 15.1. The Balaban J connectivity index is 1.61. The van der Waals surface area contributed by atoms with Crippen LogP contribution < -0.4 is 9.64 Å². The molecule has 172 valence electrons. The molecule has 1 amide bonds. The molecular weight excluding hydrogens is 414 g/mol. The Labute approximate surface area is 187 Å². The molecule has 0 radical (unpaired) electrons. The maximum Gasteiger partial charge on any atom is 0.410 e. The average Bonchev–Trinajstić information content (AvgIpc) is 2.92. The first-order valence-electron chi connectivity index (χ1n) is 11.1. The highest BCUT2D eigenvalue weighted by atomic mass is 19.1. The molecule has 2 aromatic carbocycles. The fourth-order valence-corrected chi connectivity index (χ4v) is 4.49. The van der Waals surface area contributed by atoms with Gasteiger partial charge in [-0.3, -0.25) is 0 Å². The molecule has 0 N–H and O–H groups in total. The van der Waals surface area contributed by atoms with Crippen LogP contribution in [-0.2, 0) is 24.1 Å². The lowest BCUT2D eigenvalue weighted by Gasteiger charge is -2.34. The summed E-state index contributed by atoms with van der Waals surface area (Å²) in [6, 6.07) is 5.60. The zero-order valence-corrected chi connectivity index (χ0v) is 19.1.